The maximum Gasteiger partial charge on any atom is 0.573 e. The molecule has 5 rings (SSSR count). The molecule has 0 atom stereocenters. The Hall–Kier alpha value is -4.63. The Kier molecular flexibility index (Phi) is 10.2. The van der Waals surface area contributed by atoms with Crippen LogP contribution in [0.1, 0.15) is 30.8 Å². The number of alkyl halides is 5. The molecular weight excluding hydrogens is 681 g/mol. The normalized spacial score (nSPS) is 17.1. The van der Waals surface area contributed by atoms with Crippen molar-refractivity contribution in [3.05, 3.63) is 119 Å². The molecule has 1 aliphatic heterocycles. The third-order valence-electron chi connectivity index (χ3n) is 7.19. The van der Waals surface area contributed by atoms with E-state index in [1.807, 2.05) is 19.1 Å². The smallest absolute Gasteiger partial charge is 0.429 e. The largest absolute Gasteiger partial charge is 0.573 e. The second kappa shape index (κ2) is 14.1. The van der Waals surface area contributed by atoms with Crippen LogP contribution in [0.25, 0.3) is 22.3 Å². The molecular formula is C34H23F11O4. The van der Waals surface area contributed by atoms with Gasteiger partial charge in [-0.15, -0.1) is 13.2 Å². The van der Waals surface area contributed by atoms with E-state index in [2.05, 4.69) is 9.47 Å². The van der Waals surface area contributed by atoms with Gasteiger partial charge in [0.25, 0.3) is 0 Å². The van der Waals surface area contributed by atoms with Crippen LogP contribution in [-0.2, 0) is 15.6 Å². The number of ether oxygens (including phenoxy) is 4. The Labute approximate surface area is 271 Å². The Balaban J connectivity index is 1.33. The highest BCUT2D eigenvalue weighted by atomic mass is 19.4. The summed E-state index contributed by atoms with van der Waals surface area (Å²) in [7, 11) is 0. The van der Waals surface area contributed by atoms with Crippen LogP contribution in [0.2, 0.25) is 0 Å². The molecule has 0 spiro atoms. The van der Waals surface area contributed by atoms with Crippen molar-refractivity contribution in [2.45, 2.75) is 32.1 Å². The quantitative estimate of drug-likeness (QED) is 0.128. The molecule has 0 unspecified atom stereocenters. The van der Waals surface area contributed by atoms with Gasteiger partial charge in [0.1, 0.15) is 34.6 Å². The monoisotopic (exact) mass is 704 g/mol. The molecule has 1 aliphatic rings. The zero-order valence-electron chi connectivity index (χ0n) is 25.0. The lowest BCUT2D eigenvalue weighted by Gasteiger charge is -2.28. The third kappa shape index (κ3) is 8.16. The molecule has 49 heavy (non-hydrogen) atoms. The first kappa shape index (κ1) is 35.7. The van der Waals surface area contributed by atoms with Crippen molar-refractivity contribution < 1.29 is 67.2 Å². The highest BCUT2D eigenvalue weighted by molar-refractivity contribution is 5.67. The van der Waals surface area contributed by atoms with Gasteiger partial charge in [0.2, 0.25) is 5.75 Å². The summed E-state index contributed by atoms with van der Waals surface area (Å²) in [6.07, 6.45) is -6.38. The molecule has 0 radical (unpaired) electrons. The van der Waals surface area contributed by atoms with Crippen molar-refractivity contribution in [2.75, 3.05) is 13.2 Å². The summed E-state index contributed by atoms with van der Waals surface area (Å²) in [5.41, 5.74) is -3.68. The van der Waals surface area contributed by atoms with E-state index in [0.717, 1.165) is 12.5 Å². The molecule has 1 saturated heterocycles. The summed E-state index contributed by atoms with van der Waals surface area (Å²) in [6.45, 7) is 2.59. The van der Waals surface area contributed by atoms with Gasteiger partial charge < -0.3 is 18.9 Å². The van der Waals surface area contributed by atoms with Crippen LogP contribution < -0.4 is 9.47 Å². The first-order valence-corrected chi connectivity index (χ1v) is 14.4. The maximum absolute atomic E-state index is 15.1. The highest BCUT2D eigenvalue weighted by Crippen LogP contribution is 2.40. The van der Waals surface area contributed by atoms with Crippen LogP contribution in [0.4, 0.5) is 48.3 Å². The molecule has 0 aliphatic carbocycles. The van der Waals surface area contributed by atoms with Crippen LogP contribution in [0.15, 0.2) is 72.8 Å². The summed E-state index contributed by atoms with van der Waals surface area (Å²) in [6, 6.07) is 6.73. The predicted octanol–water partition coefficient (Wildman–Crippen LogP) is 10.5. The summed E-state index contributed by atoms with van der Waals surface area (Å²) >= 11 is 0. The van der Waals surface area contributed by atoms with Crippen LogP contribution in [0.5, 0.6) is 11.5 Å². The molecule has 4 aromatic rings. The zero-order valence-corrected chi connectivity index (χ0v) is 25.0. The third-order valence-corrected chi connectivity index (χ3v) is 7.19. The fourth-order valence-electron chi connectivity index (χ4n) is 4.99. The Morgan fingerprint density at radius 2 is 1.20 bits per heavy atom. The molecule has 15 heteroatoms. The van der Waals surface area contributed by atoms with Gasteiger partial charge in [-0.1, -0.05) is 31.2 Å². The van der Waals surface area contributed by atoms with Crippen LogP contribution >= 0.6 is 0 Å². The summed E-state index contributed by atoms with van der Waals surface area (Å²) in [4.78, 5) is 0. The Morgan fingerprint density at radius 3 is 1.71 bits per heavy atom. The predicted molar refractivity (Wildman–Crippen MR) is 152 cm³/mol. The van der Waals surface area contributed by atoms with Crippen molar-refractivity contribution in [1.82, 2.24) is 0 Å². The Morgan fingerprint density at radius 1 is 0.673 bits per heavy atom. The van der Waals surface area contributed by atoms with Gasteiger partial charge in [0.15, 0.2) is 17.9 Å². The molecule has 1 heterocycles. The van der Waals surface area contributed by atoms with Gasteiger partial charge in [-0.05, 0) is 60.0 Å². The number of hydrogen-bond donors (Lipinski definition) is 0. The van der Waals surface area contributed by atoms with Gasteiger partial charge in [0, 0.05) is 28.7 Å². The number of benzene rings is 4. The maximum atomic E-state index is 15.1. The van der Waals surface area contributed by atoms with E-state index in [0.29, 0.717) is 55.7 Å². The molecule has 0 bridgehead atoms. The van der Waals surface area contributed by atoms with Gasteiger partial charge in [-0.25, -0.2) is 26.3 Å². The van der Waals surface area contributed by atoms with Gasteiger partial charge in [0.05, 0.1) is 13.2 Å². The number of hydrogen-bond acceptors (Lipinski definition) is 4. The number of allylic oxidation sites excluding steroid dienone is 1. The van der Waals surface area contributed by atoms with Gasteiger partial charge in [-0.2, -0.15) is 8.78 Å². The molecule has 0 amide bonds. The molecule has 4 nitrogen and oxygen atoms in total. The van der Waals surface area contributed by atoms with E-state index in [1.54, 1.807) is 0 Å². The second-order valence-corrected chi connectivity index (χ2v) is 10.7. The second-order valence-electron chi connectivity index (χ2n) is 10.7. The van der Waals surface area contributed by atoms with Crippen LogP contribution in [0, 0.1) is 40.8 Å². The van der Waals surface area contributed by atoms with E-state index >= 15 is 22.0 Å². The van der Waals surface area contributed by atoms with E-state index in [9.17, 15) is 26.3 Å². The fraction of sp³-hybridized carbons (Fsp3) is 0.235. The summed E-state index contributed by atoms with van der Waals surface area (Å²) < 4.78 is 174. The number of halogens is 11. The van der Waals surface area contributed by atoms with Crippen molar-refractivity contribution in [2.24, 2.45) is 5.92 Å². The minimum Gasteiger partial charge on any atom is -0.429 e. The molecule has 0 N–H and O–H groups in total. The van der Waals surface area contributed by atoms with Gasteiger partial charge in [-0.3, -0.25) is 0 Å². The lowest BCUT2D eigenvalue weighted by molar-refractivity contribution is -0.276. The lowest BCUT2D eigenvalue weighted by atomic mass is 10.00. The van der Waals surface area contributed by atoms with Crippen LogP contribution in [0.3, 0.4) is 0 Å². The first-order valence-electron chi connectivity index (χ1n) is 14.4. The average molecular weight is 705 g/mol. The fourth-order valence-corrected chi connectivity index (χ4v) is 4.99. The molecule has 1 fully saturated rings. The van der Waals surface area contributed by atoms with Crippen molar-refractivity contribution >= 4 is 0 Å². The van der Waals surface area contributed by atoms with E-state index in [-0.39, 0.29) is 17.0 Å². The lowest BCUT2D eigenvalue weighted by Crippen LogP contribution is -2.26. The molecule has 4 aromatic carbocycles. The highest BCUT2D eigenvalue weighted by Gasteiger charge is 2.41. The summed E-state index contributed by atoms with van der Waals surface area (Å²) in [5, 5.41) is 0. The molecule has 0 saturated carbocycles. The van der Waals surface area contributed by atoms with E-state index in [1.165, 1.54) is 12.1 Å². The van der Waals surface area contributed by atoms with Gasteiger partial charge >= 0.3 is 12.5 Å². The minimum absolute atomic E-state index is 0.0124. The van der Waals surface area contributed by atoms with Crippen molar-refractivity contribution in [3.8, 4) is 33.8 Å². The van der Waals surface area contributed by atoms with Crippen molar-refractivity contribution in [3.63, 3.8) is 0 Å². The SMILES string of the molecule is CCC=CC1COC(c2ccc(-c3cc(F)c(C(F)(F)Oc4ccc(-c5cc(F)c(OC(F)(F)F)c(F)c5)c(F)c4)c(F)c3)c(F)c2)OC1. The summed E-state index contributed by atoms with van der Waals surface area (Å²) in [5.74, 6) is -12.5. The molecule has 0 aromatic heterocycles. The van der Waals surface area contributed by atoms with Crippen molar-refractivity contribution in [1.29, 1.82) is 0 Å². The topological polar surface area (TPSA) is 36.9 Å². The minimum atomic E-state index is -5.43. The Bertz CT molecular complexity index is 1820. The van der Waals surface area contributed by atoms with Crippen LogP contribution in [-0.4, -0.2) is 19.6 Å². The zero-order chi connectivity index (χ0) is 35.7. The first-order chi connectivity index (χ1) is 23.1. The standard InChI is InChI=1S/C34H23F11O4/c1-2-3-4-17-15-46-32(47-16-17)18-5-7-22(24(35)9-18)19-10-26(37)30(27(38)11-19)33(41,42)48-21-6-8-23(25(36)14-21)20-12-28(39)31(29(40)13-20)49-34(43,44)45/h3-14,17,32H,2,15-16H2,1H3. The molecule has 260 valence electrons. The number of rotatable bonds is 9. The average Bonchev–Trinajstić information content (AvgIpc) is 3.01. The van der Waals surface area contributed by atoms with E-state index < -0.39 is 87.4 Å². The van der Waals surface area contributed by atoms with E-state index in [4.69, 9.17) is 9.47 Å².